The number of halogens is 1. The average Bonchev–Trinajstić information content (AvgIpc) is 2.36. The van der Waals surface area contributed by atoms with Crippen LogP contribution < -0.4 is 16.4 Å². The molecule has 2 amide bonds. The highest BCUT2D eigenvalue weighted by atomic mass is 19.1. The minimum absolute atomic E-state index is 0.0543. The van der Waals surface area contributed by atoms with Gasteiger partial charge in [-0.05, 0) is 18.6 Å². The maximum atomic E-state index is 13.7. The summed E-state index contributed by atoms with van der Waals surface area (Å²) in [5.41, 5.74) is 5.38. The van der Waals surface area contributed by atoms with Crippen LogP contribution in [0.15, 0.2) is 18.2 Å². The molecule has 0 heterocycles. The Morgan fingerprint density at radius 3 is 2.68 bits per heavy atom. The number of benzene rings is 1. The van der Waals surface area contributed by atoms with E-state index in [1.54, 1.807) is 0 Å². The molecule has 6 heteroatoms. The van der Waals surface area contributed by atoms with Crippen LogP contribution in [0.25, 0.3) is 0 Å². The van der Waals surface area contributed by atoms with Gasteiger partial charge in [-0.1, -0.05) is 13.0 Å². The van der Waals surface area contributed by atoms with Gasteiger partial charge in [0, 0.05) is 19.5 Å². The maximum absolute atomic E-state index is 13.7. The zero-order valence-corrected chi connectivity index (χ0v) is 10.8. The summed E-state index contributed by atoms with van der Waals surface area (Å²) in [7, 11) is 0. The summed E-state index contributed by atoms with van der Waals surface area (Å²) in [6.07, 6.45) is 0.871. The highest BCUT2D eigenvalue weighted by Gasteiger charge is 2.14. The third kappa shape index (κ3) is 4.57. The second-order valence-corrected chi connectivity index (χ2v) is 4.06. The minimum atomic E-state index is -0.496. The van der Waals surface area contributed by atoms with E-state index < -0.39 is 17.6 Å². The van der Waals surface area contributed by atoms with E-state index in [4.69, 9.17) is 5.73 Å². The molecule has 0 spiro atoms. The lowest BCUT2D eigenvalue weighted by Gasteiger charge is -2.12. The Morgan fingerprint density at radius 1 is 1.32 bits per heavy atom. The number of rotatable bonds is 7. The van der Waals surface area contributed by atoms with E-state index in [1.165, 1.54) is 18.2 Å². The molecule has 1 aromatic carbocycles. The normalized spacial score (nSPS) is 10.0. The van der Waals surface area contributed by atoms with Gasteiger partial charge in [0.1, 0.15) is 5.82 Å². The van der Waals surface area contributed by atoms with E-state index in [1.807, 2.05) is 6.92 Å². The highest BCUT2D eigenvalue weighted by molar-refractivity contribution is 5.99. The predicted molar refractivity (Wildman–Crippen MR) is 71.3 cm³/mol. The molecule has 1 aromatic rings. The van der Waals surface area contributed by atoms with Gasteiger partial charge >= 0.3 is 0 Å². The van der Waals surface area contributed by atoms with Crippen LogP contribution in [0.3, 0.4) is 0 Å². The summed E-state index contributed by atoms with van der Waals surface area (Å²) < 4.78 is 13.7. The van der Waals surface area contributed by atoms with Crippen LogP contribution in [0.2, 0.25) is 0 Å². The molecule has 0 aliphatic heterocycles. The standard InChI is InChI=1S/C13H18FN3O2/c1-2-7-16-12-9(4-3-5-10(12)14)13(19)17-8-6-11(15)18/h3-5,16H,2,6-8H2,1H3,(H2,15,18)(H,17,19). The number of primary amides is 1. The molecule has 4 N–H and O–H groups in total. The second-order valence-electron chi connectivity index (χ2n) is 4.06. The molecule has 0 unspecified atom stereocenters. The van der Waals surface area contributed by atoms with Crippen molar-refractivity contribution in [3.63, 3.8) is 0 Å². The molecule has 104 valence electrons. The lowest BCUT2D eigenvalue weighted by atomic mass is 10.1. The van der Waals surface area contributed by atoms with Gasteiger partial charge in [0.25, 0.3) is 5.91 Å². The van der Waals surface area contributed by atoms with Gasteiger partial charge in [0.2, 0.25) is 5.91 Å². The molecule has 0 saturated carbocycles. The van der Waals surface area contributed by atoms with Crippen molar-refractivity contribution in [2.75, 3.05) is 18.4 Å². The number of anilines is 1. The SMILES string of the molecule is CCCNc1c(F)cccc1C(=O)NCCC(N)=O. The number of nitrogens with two attached hydrogens (primary N) is 1. The third-order valence-corrected chi connectivity index (χ3v) is 2.47. The molecule has 19 heavy (non-hydrogen) atoms. The van der Waals surface area contributed by atoms with Crippen LogP contribution in [-0.2, 0) is 4.79 Å². The summed E-state index contributed by atoms with van der Waals surface area (Å²) >= 11 is 0. The maximum Gasteiger partial charge on any atom is 0.253 e. The van der Waals surface area contributed by atoms with Crippen LogP contribution in [0, 0.1) is 5.82 Å². The van der Waals surface area contributed by atoms with Gasteiger partial charge in [-0.15, -0.1) is 0 Å². The van der Waals surface area contributed by atoms with Crippen molar-refractivity contribution in [3.05, 3.63) is 29.6 Å². The van der Waals surface area contributed by atoms with E-state index in [0.29, 0.717) is 6.54 Å². The molecule has 0 saturated heterocycles. The molecule has 0 aliphatic carbocycles. The van der Waals surface area contributed by atoms with Gasteiger partial charge in [-0.25, -0.2) is 4.39 Å². The van der Waals surface area contributed by atoms with Gasteiger partial charge in [0.05, 0.1) is 11.3 Å². The van der Waals surface area contributed by atoms with Gasteiger partial charge < -0.3 is 16.4 Å². The fourth-order valence-corrected chi connectivity index (χ4v) is 1.54. The van der Waals surface area contributed by atoms with Crippen molar-refractivity contribution in [1.82, 2.24) is 5.32 Å². The zero-order chi connectivity index (χ0) is 14.3. The first-order chi connectivity index (χ1) is 9.06. The number of hydrogen-bond acceptors (Lipinski definition) is 3. The Bertz CT molecular complexity index is 463. The van der Waals surface area contributed by atoms with Crippen LogP contribution >= 0.6 is 0 Å². The molecule has 5 nitrogen and oxygen atoms in total. The molecule has 0 atom stereocenters. The van der Waals surface area contributed by atoms with E-state index in [2.05, 4.69) is 10.6 Å². The smallest absolute Gasteiger partial charge is 0.253 e. The van der Waals surface area contributed by atoms with Crippen LogP contribution in [0.1, 0.15) is 30.1 Å². The van der Waals surface area contributed by atoms with Gasteiger partial charge in [-0.2, -0.15) is 0 Å². The van der Waals surface area contributed by atoms with Crippen LogP contribution in [0.5, 0.6) is 0 Å². The number of amides is 2. The zero-order valence-electron chi connectivity index (χ0n) is 10.8. The first kappa shape index (κ1) is 14.9. The monoisotopic (exact) mass is 267 g/mol. The topological polar surface area (TPSA) is 84.2 Å². The molecular formula is C13H18FN3O2. The number of carbonyl (C=O) groups is 2. The highest BCUT2D eigenvalue weighted by Crippen LogP contribution is 2.19. The molecule has 0 aliphatic rings. The van der Waals surface area contributed by atoms with Crippen molar-refractivity contribution >= 4 is 17.5 Å². The molecule has 0 radical (unpaired) electrons. The molecule has 1 rings (SSSR count). The second kappa shape index (κ2) is 7.35. The molecule has 0 aromatic heterocycles. The first-order valence-electron chi connectivity index (χ1n) is 6.15. The summed E-state index contributed by atoms with van der Waals surface area (Å²) in [5, 5.41) is 5.41. The Balaban J connectivity index is 2.77. The van der Waals surface area contributed by atoms with Crippen molar-refractivity contribution < 1.29 is 14.0 Å². The number of nitrogens with one attached hydrogen (secondary N) is 2. The average molecular weight is 267 g/mol. The molecular weight excluding hydrogens is 249 g/mol. The van der Waals surface area contributed by atoms with Crippen LogP contribution in [0.4, 0.5) is 10.1 Å². The van der Waals surface area contributed by atoms with E-state index >= 15 is 0 Å². The summed E-state index contributed by atoms with van der Waals surface area (Å²) in [6, 6.07) is 4.29. The fourth-order valence-electron chi connectivity index (χ4n) is 1.54. The first-order valence-corrected chi connectivity index (χ1v) is 6.15. The summed E-state index contributed by atoms with van der Waals surface area (Å²) in [6.45, 7) is 2.65. The molecule has 0 bridgehead atoms. The van der Waals surface area contributed by atoms with Crippen molar-refractivity contribution in [2.24, 2.45) is 5.73 Å². The lowest BCUT2D eigenvalue weighted by molar-refractivity contribution is -0.117. The Labute approximate surface area is 111 Å². The van der Waals surface area contributed by atoms with Crippen molar-refractivity contribution in [2.45, 2.75) is 19.8 Å². The Kier molecular flexibility index (Phi) is 5.78. The van der Waals surface area contributed by atoms with Gasteiger partial charge in [-0.3, -0.25) is 9.59 Å². The summed E-state index contributed by atoms with van der Waals surface area (Å²) in [5.74, 6) is -1.40. The number of carbonyl (C=O) groups excluding carboxylic acids is 2. The Hall–Kier alpha value is -2.11. The Morgan fingerprint density at radius 2 is 2.05 bits per heavy atom. The number of hydrogen-bond donors (Lipinski definition) is 3. The van der Waals surface area contributed by atoms with Crippen LogP contribution in [-0.4, -0.2) is 24.9 Å². The largest absolute Gasteiger partial charge is 0.382 e. The lowest BCUT2D eigenvalue weighted by Crippen LogP contribution is -2.28. The number of para-hydroxylation sites is 1. The van der Waals surface area contributed by atoms with E-state index in [9.17, 15) is 14.0 Å². The minimum Gasteiger partial charge on any atom is -0.382 e. The van der Waals surface area contributed by atoms with E-state index in [-0.39, 0.29) is 24.2 Å². The summed E-state index contributed by atoms with van der Waals surface area (Å²) in [4.78, 5) is 22.5. The van der Waals surface area contributed by atoms with E-state index in [0.717, 1.165) is 6.42 Å². The predicted octanol–water partition coefficient (Wildman–Crippen LogP) is 1.25. The van der Waals surface area contributed by atoms with Crippen molar-refractivity contribution in [1.29, 1.82) is 0 Å². The quantitative estimate of drug-likeness (QED) is 0.695. The molecule has 0 fully saturated rings. The van der Waals surface area contributed by atoms with Crippen molar-refractivity contribution in [3.8, 4) is 0 Å². The third-order valence-electron chi connectivity index (χ3n) is 2.47. The van der Waals surface area contributed by atoms with Gasteiger partial charge in [0.15, 0.2) is 0 Å². The fraction of sp³-hybridized carbons (Fsp3) is 0.385.